The zero-order chi connectivity index (χ0) is 16.9. The van der Waals surface area contributed by atoms with E-state index in [2.05, 4.69) is 22.5 Å². The zero-order valence-electron chi connectivity index (χ0n) is 14.0. The number of nitrogens with one attached hydrogen (secondary N) is 2. The zero-order valence-corrected chi connectivity index (χ0v) is 14.0. The maximum Gasteiger partial charge on any atom is 0.190 e. The van der Waals surface area contributed by atoms with Crippen molar-refractivity contribution < 1.29 is 13.5 Å². The fourth-order valence-electron chi connectivity index (χ4n) is 2.03. The summed E-state index contributed by atoms with van der Waals surface area (Å²) in [6, 6.07) is 3.90. The lowest BCUT2D eigenvalue weighted by molar-refractivity contribution is 0.129. The average molecular weight is 327 g/mol. The summed E-state index contributed by atoms with van der Waals surface area (Å²) < 4.78 is 32.5. The molecule has 4 nitrogen and oxygen atoms in total. The van der Waals surface area contributed by atoms with Gasteiger partial charge in [0, 0.05) is 38.9 Å². The highest BCUT2D eigenvalue weighted by atomic mass is 19.1. The second kappa shape index (κ2) is 11.8. The third-order valence-electron chi connectivity index (χ3n) is 3.35. The van der Waals surface area contributed by atoms with E-state index in [0.717, 1.165) is 32.4 Å². The summed E-state index contributed by atoms with van der Waals surface area (Å²) in [5.41, 5.74) is 0.0970. The van der Waals surface area contributed by atoms with Gasteiger partial charge < -0.3 is 15.4 Å². The highest BCUT2D eigenvalue weighted by molar-refractivity contribution is 5.79. The van der Waals surface area contributed by atoms with Crippen LogP contribution in [-0.2, 0) is 11.2 Å². The molecule has 0 aliphatic carbocycles. The standard InChI is InChI=1S/C17H27F2N3O/c1-3-4-12-23-13-6-10-21-17(20-2)22-11-9-14-15(18)7-5-8-16(14)19/h5,7-8H,3-4,6,9-13H2,1-2H3,(H2,20,21,22). The third-order valence-corrected chi connectivity index (χ3v) is 3.35. The molecule has 0 bridgehead atoms. The highest BCUT2D eigenvalue weighted by Gasteiger charge is 2.08. The summed E-state index contributed by atoms with van der Waals surface area (Å²) in [4.78, 5) is 4.08. The van der Waals surface area contributed by atoms with Crippen LogP contribution in [0.25, 0.3) is 0 Å². The van der Waals surface area contributed by atoms with Gasteiger partial charge >= 0.3 is 0 Å². The molecule has 0 unspecified atom stereocenters. The fraction of sp³-hybridized carbons (Fsp3) is 0.588. The summed E-state index contributed by atoms with van der Waals surface area (Å²) in [5.74, 6) is -0.409. The molecule has 23 heavy (non-hydrogen) atoms. The molecule has 0 aliphatic rings. The normalized spacial score (nSPS) is 11.6. The van der Waals surface area contributed by atoms with Crippen LogP contribution in [0.5, 0.6) is 0 Å². The predicted octanol–water partition coefficient (Wildman–Crippen LogP) is 2.88. The molecule has 130 valence electrons. The highest BCUT2D eigenvalue weighted by Crippen LogP contribution is 2.11. The van der Waals surface area contributed by atoms with Crippen molar-refractivity contribution in [2.75, 3.05) is 33.4 Å². The first-order valence-electron chi connectivity index (χ1n) is 8.14. The number of nitrogens with zero attached hydrogens (tertiary/aromatic N) is 1. The molecule has 0 saturated heterocycles. The van der Waals surface area contributed by atoms with Crippen LogP contribution in [-0.4, -0.2) is 39.3 Å². The number of halogens is 2. The Kier molecular flexibility index (Phi) is 9.95. The second-order valence-electron chi connectivity index (χ2n) is 5.20. The lowest BCUT2D eigenvalue weighted by Gasteiger charge is -2.12. The lowest BCUT2D eigenvalue weighted by atomic mass is 10.1. The SMILES string of the molecule is CCCCOCCCNC(=NC)NCCc1c(F)cccc1F. The van der Waals surface area contributed by atoms with E-state index in [1.165, 1.54) is 18.2 Å². The molecule has 1 aromatic carbocycles. The minimum Gasteiger partial charge on any atom is -0.381 e. The maximum absolute atomic E-state index is 13.5. The van der Waals surface area contributed by atoms with Crippen molar-refractivity contribution in [3.8, 4) is 0 Å². The minimum absolute atomic E-state index is 0.0970. The van der Waals surface area contributed by atoms with E-state index >= 15 is 0 Å². The number of rotatable bonds is 10. The van der Waals surface area contributed by atoms with Crippen LogP contribution >= 0.6 is 0 Å². The number of hydrogen-bond acceptors (Lipinski definition) is 2. The van der Waals surface area contributed by atoms with Gasteiger partial charge in [-0.25, -0.2) is 8.78 Å². The van der Waals surface area contributed by atoms with E-state index < -0.39 is 11.6 Å². The van der Waals surface area contributed by atoms with Gasteiger partial charge in [-0.3, -0.25) is 4.99 Å². The van der Waals surface area contributed by atoms with Crippen LogP contribution in [0.1, 0.15) is 31.7 Å². The average Bonchev–Trinajstić information content (AvgIpc) is 2.54. The van der Waals surface area contributed by atoms with Gasteiger partial charge in [0.2, 0.25) is 0 Å². The molecule has 0 aliphatic heterocycles. The molecule has 1 aromatic rings. The van der Waals surface area contributed by atoms with Crippen LogP contribution in [0.3, 0.4) is 0 Å². The predicted molar refractivity (Wildman–Crippen MR) is 89.8 cm³/mol. The van der Waals surface area contributed by atoms with Crippen LogP contribution < -0.4 is 10.6 Å². The molecular weight excluding hydrogens is 300 g/mol. The van der Waals surface area contributed by atoms with Gasteiger partial charge in [0.15, 0.2) is 5.96 Å². The number of unbranched alkanes of at least 4 members (excludes halogenated alkanes) is 1. The monoisotopic (exact) mass is 327 g/mol. The molecule has 0 heterocycles. The smallest absolute Gasteiger partial charge is 0.190 e. The summed E-state index contributed by atoms with van der Waals surface area (Å²) in [7, 11) is 1.66. The number of aliphatic imine (C=N–C) groups is 1. The van der Waals surface area contributed by atoms with E-state index in [0.29, 0.717) is 19.1 Å². The van der Waals surface area contributed by atoms with Gasteiger partial charge in [-0.15, -0.1) is 0 Å². The van der Waals surface area contributed by atoms with Crippen molar-refractivity contribution in [3.63, 3.8) is 0 Å². The molecule has 2 N–H and O–H groups in total. The largest absolute Gasteiger partial charge is 0.381 e. The fourth-order valence-corrected chi connectivity index (χ4v) is 2.03. The Balaban J connectivity index is 2.19. The van der Waals surface area contributed by atoms with Crippen molar-refractivity contribution in [1.82, 2.24) is 10.6 Å². The summed E-state index contributed by atoms with van der Waals surface area (Å²) in [6.07, 6.45) is 3.37. The Morgan fingerprint density at radius 2 is 1.74 bits per heavy atom. The van der Waals surface area contributed by atoms with Crippen molar-refractivity contribution in [2.24, 2.45) is 4.99 Å². The Morgan fingerprint density at radius 3 is 2.39 bits per heavy atom. The Labute approximate surface area is 137 Å². The Morgan fingerprint density at radius 1 is 1.09 bits per heavy atom. The lowest BCUT2D eigenvalue weighted by Crippen LogP contribution is -2.39. The van der Waals surface area contributed by atoms with Crippen molar-refractivity contribution in [1.29, 1.82) is 0 Å². The van der Waals surface area contributed by atoms with Crippen LogP contribution in [0.4, 0.5) is 8.78 Å². The number of benzene rings is 1. The Hall–Kier alpha value is -1.69. The van der Waals surface area contributed by atoms with Crippen molar-refractivity contribution in [2.45, 2.75) is 32.6 Å². The molecule has 0 spiro atoms. The second-order valence-corrected chi connectivity index (χ2v) is 5.20. The van der Waals surface area contributed by atoms with Crippen LogP contribution in [0.2, 0.25) is 0 Å². The maximum atomic E-state index is 13.5. The Bertz CT molecular complexity index is 461. The molecule has 1 rings (SSSR count). The van der Waals surface area contributed by atoms with Gasteiger partial charge in [0.1, 0.15) is 11.6 Å². The molecule has 0 fully saturated rings. The van der Waals surface area contributed by atoms with Gasteiger partial charge in [-0.05, 0) is 31.4 Å². The molecular formula is C17H27F2N3O. The van der Waals surface area contributed by atoms with Crippen molar-refractivity contribution >= 4 is 5.96 Å². The van der Waals surface area contributed by atoms with E-state index in [1.807, 2.05) is 0 Å². The van der Waals surface area contributed by atoms with Gasteiger partial charge in [-0.2, -0.15) is 0 Å². The summed E-state index contributed by atoms with van der Waals surface area (Å²) in [6.45, 7) is 4.79. The summed E-state index contributed by atoms with van der Waals surface area (Å²) >= 11 is 0. The minimum atomic E-state index is -0.515. The first kappa shape index (κ1) is 19.4. The van der Waals surface area contributed by atoms with Crippen LogP contribution in [0.15, 0.2) is 23.2 Å². The quantitative estimate of drug-likeness (QED) is 0.395. The molecule has 0 amide bonds. The number of guanidine groups is 1. The molecule has 6 heteroatoms. The van der Waals surface area contributed by atoms with E-state index in [4.69, 9.17) is 4.74 Å². The molecule has 0 saturated carbocycles. The molecule has 0 radical (unpaired) electrons. The van der Waals surface area contributed by atoms with Crippen LogP contribution in [0, 0.1) is 11.6 Å². The summed E-state index contributed by atoms with van der Waals surface area (Å²) in [5, 5.41) is 6.20. The molecule has 0 atom stereocenters. The third kappa shape index (κ3) is 7.93. The van der Waals surface area contributed by atoms with E-state index in [-0.39, 0.29) is 12.0 Å². The van der Waals surface area contributed by atoms with E-state index in [1.54, 1.807) is 7.05 Å². The first-order valence-corrected chi connectivity index (χ1v) is 8.14. The van der Waals surface area contributed by atoms with E-state index in [9.17, 15) is 8.78 Å². The first-order chi connectivity index (χ1) is 11.2. The van der Waals surface area contributed by atoms with Crippen molar-refractivity contribution in [3.05, 3.63) is 35.4 Å². The van der Waals surface area contributed by atoms with Gasteiger partial charge in [0.25, 0.3) is 0 Å². The number of ether oxygens (including phenoxy) is 1. The van der Waals surface area contributed by atoms with Gasteiger partial charge in [-0.1, -0.05) is 19.4 Å². The van der Waals surface area contributed by atoms with Gasteiger partial charge in [0.05, 0.1) is 0 Å². The topological polar surface area (TPSA) is 45.6 Å². The molecule has 0 aromatic heterocycles. The number of hydrogen-bond donors (Lipinski definition) is 2.